The van der Waals surface area contributed by atoms with Crippen molar-refractivity contribution in [3.8, 4) is 0 Å². The minimum absolute atomic E-state index is 0.0875. The molecule has 0 aromatic carbocycles. The highest BCUT2D eigenvalue weighted by atomic mass is 16.3. The van der Waals surface area contributed by atoms with E-state index in [2.05, 4.69) is 141 Å². The van der Waals surface area contributed by atoms with Gasteiger partial charge in [-0.05, 0) is 103 Å². The number of allylic oxidation sites excluding steroid dienone is 21. The Labute approximate surface area is 498 Å². The number of hydrogen-bond donors (Lipinski definition) is 3. The molecule has 0 spiro atoms. The Bertz CT molecular complexity index is 1590. The summed E-state index contributed by atoms with van der Waals surface area (Å²) in [6.45, 7) is 4.20. The standard InChI is InChI=1S/C76H131NO3/c1-3-5-7-9-11-13-15-17-19-21-23-25-27-29-31-33-35-37-38-40-42-44-46-48-50-52-54-56-58-60-62-64-66-68-70-72-76(80)77-74(73-78)75(79)71-69-67-65-63-61-59-57-55-53-51-49-47-45-43-41-39-36-34-32-30-28-26-24-22-20-18-16-14-12-10-8-6-4-2/h5,7,11,13,17,19,23,25,29,31,35,37,40,42,46,48,52,54,61,63,69,71,74-75,78-79H,3-4,6,8-10,12,14-16,18,20-22,24,26-28,30,32-34,36,38-39,41,43-45,47,49-51,53,55-60,62,64-68,70,72-73H2,1-2H3,(H,77,80)/b7-5-,13-11-,19-17-,25-23-,31-29-,37-35-,42-40-,48-46-,54-52-,63-61+,71-69+. The molecule has 0 saturated carbocycles. The van der Waals surface area contributed by atoms with E-state index in [9.17, 15) is 15.0 Å². The first-order valence-electron chi connectivity index (χ1n) is 34.4. The number of unbranched alkanes of at least 4 members (excludes halogenated alkanes) is 35. The van der Waals surface area contributed by atoms with Gasteiger partial charge in [-0.2, -0.15) is 0 Å². The van der Waals surface area contributed by atoms with E-state index in [1.807, 2.05) is 6.08 Å². The first kappa shape index (κ1) is 76.5. The third-order valence-corrected chi connectivity index (χ3v) is 15.1. The molecule has 0 aliphatic rings. The molecule has 0 aliphatic carbocycles. The van der Waals surface area contributed by atoms with Crippen LogP contribution in [-0.4, -0.2) is 34.9 Å². The lowest BCUT2D eigenvalue weighted by molar-refractivity contribution is -0.123. The van der Waals surface area contributed by atoms with Gasteiger partial charge in [-0.25, -0.2) is 0 Å². The van der Waals surface area contributed by atoms with Crippen LogP contribution < -0.4 is 5.32 Å². The molecule has 2 unspecified atom stereocenters. The normalized spacial score (nSPS) is 13.6. The van der Waals surface area contributed by atoms with Crippen LogP contribution in [0.4, 0.5) is 0 Å². The van der Waals surface area contributed by atoms with E-state index in [0.29, 0.717) is 6.42 Å². The highest BCUT2D eigenvalue weighted by Crippen LogP contribution is 2.17. The quantitative estimate of drug-likeness (QED) is 0.0420. The topological polar surface area (TPSA) is 69.6 Å². The Hall–Kier alpha value is -3.47. The molecule has 0 heterocycles. The van der Waals surface area contributed by atoms with Crippen LogP contribution in [0.3, 0.4) is 0 Å². The molecule has 4 heteroatoms. The van der Waals surface area contributed by atoms with Gasteiger partial charge in [0.2, 0.25) is 5.91 Å². The number of carbonyl (C=O) groups excluding carboxylic acids is 1. The van der Waals surface area contributed by atoms with Crippen molar-refractivity contribution in [3.05, 3.63) is 134 Å². The van der Waals surface area contributed by atoms with Gasteiger partial charge in [-0.15, -0.1) is 0 Å². The van der Waals surface area contributed by atoms with Gasteiger partial charge in [0, 0.05) is 6.42 Å². The monoisotopic (exact) mass is 1110 g/mol. The largest absolute Gasteiger partial charge is 0.394 e. The van der Waals surface area contributed by atoms with Crippen molar-refractivity contribution in [1.82, 2.24) is 5.32 Å². The van der Waals surface area contributed by atoms with Gasteiger partial charge >= 0.3 is 0 Å². The number of aliphatic hydroxyl groups is 2. The highest BCUT2D eigenvalue weighted by Gasteiger charge is 2.18. The molecule has 0 saturated heterocycles. The second-order valence-corrected chi connectivity index (χ2v) is 22.9. The minimum atomic E-state index is -0.879. The lowest BCUT2D eigenvalue weighted by atomic mass is 10.0. The second-order valence-electron chi connectivity index (χ2n) is 22.9. The fourth-order valence-corrected chi connectivity index (χ4v) is 9.96. The van der Waals surface area contributed by atoms with Crippen LogP contribution in [0.1, 0.15) is 322 Å². The zero-order valence-corrected chi connectivity index (χ0v) is 52.8. The summed E-state index contributed by atoms with van der Waals surface area (Å²) in [5, 5.41) is 23.3. The average Bonchev–Trinajstić information content (AvgIpc) is 3.46. The van der Waals surface area contributed by atoms with Crippen molar-refractivity contribution in [1.29, 1.82) is 0 Å². The predicted molar refractivity (Wildman–Crippen MR) is 359 cm³/mol. The van der Waals surface area contributed by atoms with Crippen LogP contribution in [0.2, 0.25) is 0 Å². The Kier molecular flexibility index (Phi) is 66.8. The first-order chi connectivity index (χ1) is 39.7. The molecule has 0 fully saturated rings. The minimum Gasteiger partial charge on any atom is -0.394 e. The van der Waals surface area contributed by atoms with Crippen molar-refractivity contribution < 1.29 is 15.0 Å². The van der Waals surface area contributed by atoms with Crippen molar-refractivity contribution >= 4 is 5.91 Å². The number of carbonyl (C=O) groups is 1. The summed E-state index contributed by atoms with van der Waals surface area (Å²) in [5.41, 5.74) is 0. The fourth-order valence-electron chi connectivity index (χ4n) is 9.96. The molecule has 0 radical (unpaired) electrons. The second kappa shape index (κ2) is 69.8. The Balaban J connectivity index is 3.59. The summed E-state index contributed by atoms with van der Waals surface area (Å²) in [6.07, 6.45) is 108. The Morgan fingerprint density at radius 3 is 0.875 bits per heavy atom. The van der Waals surface area contributed by atoms with E-state index < -0.39 is 12.1 Å². The molecule has 4 nitrogen and oxygen atoms in total. The van der Waals surface area contributed by atoms with Crippen molar-refractivity contribution in [2.24, 2.45) is 0 Å². The van der Waals surface area contributed by atoms with Crippen molar-refractivity contribution in [2.75, 3.05) is 6.61 Å². The fraction of sp³-hybridized carbons (Fsp3) is 0.697. The summed E-state index contributed by atoms with van der Waals surface area (Å²) >= 11 is 0. The molecule has 3 N–H and O–H groups in total. The number of rotatable bonds is 62. The van der Waals surface area contributed by atoms with Crippen LogP contribution in [-0.2, 0) is 4.79 Å². The maximum atomic E-state index is 12.5. The smallest absolute Gasteiger partial charge is 0.220 e. The van der Waals surface area contributed by atoms with E-state index in [1.165, 1.54) is 199 Å². The van der Waals surface area contributed by atoms with E-state index in [0.717, 1.165) is 103 Å². The lowest BCUT2D eigenvalue weighted by Crippen LogP contribution is -2.45. The highest BCUT2D eigenvalue weighted by molar-refractivity contribution is 5.76. The summed E-state index contributed by atoms with van der Waals surface area (Å²) in [7, 11) is 0. The number of nitrogens with one attached hydrogen (secondary N) is 1. The molecule has 2 atom stereocenters. The summed E-state index contributed by atoms with van der Waals surface area (Å²) < 4.78 is 0. The molecular formula is C76H131NO3. The molecule has 0 rings (SSSR count). The van der Waals surface area contributed by atoms with Crippen LogP contribution >= 0.6 is 0 Å². The molecule has 80 heavy (non-hydrogen) atoms. The zero-order valence-electron chi connectivity index (χ0n) is 52.8. The van der Waals surface area contributed by atoms with Crippen LogP contribution in [0.15, 0.2) is 134 Å². The third-order valence-electron chi connectivity index (χ3n) is 15.1. The molecule has 458 valence electrons. The maximum absolute atomic E-state index is 12.5. The van der Waals surface area contributed by atoms with E-state index in [4.69, 9.17) is 0 Å². The summed E-state index contributed by atoms with van der Waals surface area (Å²) in [5.74, 6) is -0.0875. The van der Waals surface area contributed by atoms with Crippen LogP contribution in [0.25, 0.3) is 0 Å². The molecule has 0 aliphatic heterocycles. The van der Waals surface area contributed by atoms with Crippen LogP contribution in [0, 0.1) is 0 Å². The van der Waals surface area contributed by atoms with Gasteiger partial charge in [0.05, 0.1) is 18.8 Å². The first-order valence-corrected chi connectivity index (χ1v) is 34.4. The van der Waals surface area contributed by atoms with Gasteiger partial charge in [-0.1, -0.05) is 347 Å². The lowest BCUT2D eigenvalue weighted by Gasteiger charge is -2.19. The van der Waals surface area contributed by atoms with Gasteiger partial charge in [0.25, 0.3) is 0 Å². The average molecular weight is 1110 g/mol. The van der Waals surface area contributed by atoms with E-state index in [1.54, 1.807) is 6.08 Å². The van der Waals surface area contributed by atoms with Gasteiger partial charge in [0.1, 0.15) is 0 Å². The molecule has 1 amide bonds. The Morgan fingerprint density at radius 1 is 0.312 bits per heavy atom. The summed E-state index contributed by atoms with van der Waals surface area (Å²) in [4.78, 5) is 12.5. The number of hydrogen-bond acceptors (Lipinski definition) is 3. The molecule has 0 aromatic rings. The van der Waals surface area contributed by atoms with Gasteiger partial charge < -0.3 is 15.5 Å². The maximum Gasteiger partial charge on any atom is 0.220 e. The predicted octanol–water partition coefficient (Wildman–Crippen LogP) is 23.7. The van der Waals surface area contributed by atoms with E-state index in [-0.39, 0.29) is 12.5 Å². The SMILES string of the molecule is CC/C=C\C/C=C\C/C=C\C/C=C\C/C=C\C/C=C\C/C=C\C/C=C\C/C=C\CCCCCCCCCC(=O)NC(CO)C(O)/C=C/CC/C=C/CCCCCCCCCCCCCCCCCCCCCCCCCCCCC. The molecule has 0 bridgehead atoms. The molecule has 0 aromatic heterocycles. The Morgan fingerprint density at radius 2 is 0.562 bits per heavy atom. The number of amides is 1. The summed E-state index contributed by atoms with van der Waals surface area (Å²) in [6, 6.07) is -0.657. The van der Waals surface area contributed by atoms with E-state index >= 15 is 0 Å². The third kappa shape index (κ3) is 65.3. The number of aliphatic hydroxyl groups excluding tert-OH is 2. The van der Waals surface area contributed by atoms with Crippen molar-refractivity contribution in [3.63, 3.8) is 0 Å². The zero-order chi connectivity index (χ0) is 57.6. The molecular weight excluding hydrogens is 975 g/mol. The van der Waals surface area contributed by atoms with Crippen molar-refractivity contribution in [2.45, 2.75) is 334 Å². The van der Waals surface area contributed by atoms with Crippen LogP contribution in [0.5, 0.6) is 0 Å². The van der Waals surface area contributed by atoms with Gasteiger partial charge in [-0.3, -0.25) is 4.79 Å². The van der Waals surface area contributed by atoms with Gasteiger partial charge in [0.15, 0.2) is 0 Å².